The van der Waals surface area contributed by atoms with Crippen molar-refractivity contribution in [3.63, 3.8) is 0 Å². The number of carbonyl (C=O) groups excluding carboxylic acids is 2. The first-order valence-electron chi connectivity index (χ1n) is 9.34. The normalized spacial score (nSPS) is 10.5. The van der Waals surface area contributed by atoms with Crippen molar-refractivity contribution in [2.45, 2.75) is 26.7 Å². The summed E-state index contributed by atoms with van der Waals surface area (Å²) in [7, 11) is 0. The predicted octanol–water partition coefficient (Wildman–Crippen LogP) is 5.33. The Morgan fingerprint density at radius 3 is 2.32 bits per heavy atom. The fraction of sp³-hybridized carbons (Fsp3) is 0.217. The number of thiophene rings is 1. The van der Waals surface area contributed by atoms with Gasteiger partial charge in [0.2, 0.25) is 0 Å². The van der Waals surface area contributed by atoms with E-state index < -0.39 is 5.97 Å². The van der Waals surface area contributed by atoms with Crippen LogP contribution in [0.25, 0.3) is 0 Å². The minimum atomic E-state index is -0.422. The molecular weight excluding hydrogens is 370 g/mol. The molecule has 2 aromatic carbocycles. The number of benzene rings is 2. The van der Waals surface area contributed by atoms with Crippen molar-refractivity contribution in [3.8, 4) is 0 Å². The topological polar surface area (TPSA) is 55.4 Å². The second-order valence-electron chi connectivity index (χ2n) is 6.34. The van der Waals surface area contributed by atoms with E-state index in [0.29, 0.717) is 22.5 Å². The van der Waals surface area contributed by atoms with Crippen LogP contribution in [0.3, 0.4) is 0 Å². The quantitative estimate of drug-likeness (QED) is 0.552. The lowest BCUT2D eigenvalue weighted by molar-refractivity contribution is 0.0528. The van der Waals surface area contributed by atoms with Gasteiger partial charge in [-0.2, -0.15) is 0 Å². The molecule has 0 unspecified atom stereocenters. The molecule has 0 fully saturated rings. The van der Waals surface area contributed by atoms with Crippen LogP contribution in [0, 0.1) is 0 Å². The third-order valence-corrected chi connectivity index (χ3v) is 5.40. The molecule has 0 aliphatic heterocycles. The van der Waals surface area contributed by atoms with Gasteiger partial charge < -0.3 is 10.1 Å². The van der Waals surface area contributed by atoms with Crippen molar-refractivity contribution < 1.29 is 14.3 Å². The van der Waals surface area contributed by atoms with E-state index in [-0.39, 0.29) is 12.5 Å². The molecule has 1 amide bonds. The number of ether oxygens (including phenoxy) is 1. The summed E-state index contributed by atoms with van der Waals surface area (Å²) in [6, 6.07) is 19.3. The number of hydrogen-bond acceptors (Lipinski definition) is 4. The zero-order chi connectivity index (χ0) is 19.9. The molecule has 1 heterocycles. The molecule has 0 saturated heterocycles. The molecular formula is C23H23NO3S. The number of anilines is 1. The van der Waals surface area contributed by atoms with E-state index in [1.54, 1.807) is 19.1 Å². The van der Waals surface area contributed by atoms with Crippen molar-refractivity contribution >= 4 is 28.2 Å². The molecule has 3 rings (SSSR count). The van der Waals surface area contributed by atoms with Gasteiger partial charge in [-0.1, -0.05) is 49.4 Å². The molecule has 0 atom stereocenters. The number of carbonyl (C=O) groups is 2. The van der Waals surface area contributed by atoms with E-state index in [0.717, 1.165) is 16.9 Å². The van der Waals surface area contributed by atoms with Gasteiger partial charge in [0.15, 0.2) is 0 Å². The lowest BCUT2D eigenvalue weighted by Gasteiger charge is -2.06. The summed E-state index contributed by atoms with van der Waals surface area (Å²) in [5.41, 5.74) is 3.28. The molecule has 0 radical (unpaired) electrons. The van der Waals surface area contributed by atoms with Gasteiger partial charge in [-0.15, -0.1) is 11.3 Å². The second-order valence-corrected chi connectivity index (χ2v) is 7.48. The van der Waals surface area contributed by atoms with Crippen LogP contribution < -0.4 is 5.32 Å². The average Bonchev–Trinajstić information content (AvgIpc) is 3.11. The maximum absolute atomic E-state index is 12.7. The number of esters is 1. The summed E-state index contributed by atoms with van der Waals surface area (Å²) in [6.07, 6.45) is 1.61. The molecule has 0 bridgehead atoms. The Hall–Kier alpha value is -2.92. The maximum atomic E-state index is 12.7. The molecule has 144 valence electrons. The third-order valence-electron chi connectivity index (χ3n) is 4.35. The zero-order valence-corrected chi connectivity index (χ0v) is 16.8. The number of amides is 1. The van der Waals surface area contributed by atoms with Gasteiger partial charge in [-0.3, -0.25) is 4.79 Å². The van der Waals surface area contributed by atoms with E-state index in [9.17, 15) is 9.59 Å². The molecule has 1 aromatic heterocycles. The van der Waals surface area contributed by atoms with Crippen LogP contribution in [-0.2, 0) is 17.6 Å². The first-order valence-corrected chi connectivity index (χ1v) is 10.2. The minimum absolute atomic E-state index is 0.235. The Morgan fingerprint density at radius 2 is 1.68 bits per heavy atom. The zero-order valence-electron chi connectivity index (χ0n) is 16.0. The number of nitrogens with one attached hydrogen (secondary N) is 1. The summed E-state index contributed by atoms with van der Waals surface area (Å²) >= 11 is 1.41. The van der Waals surface area contributed by atoms with Crippen LogP contribution in [0.2, 0.25) is 0 Å². The molecule has 1 N–H and O–H groups in total. The lowest BCUT2D eigenvalue weighted by Crippen LogP contribution is -2.14. The molecule has 28 heavy (non-hydrogen) atoms. The van der Waals surface area contributed by atoms with Crippen molar-refractivity contribution in [3.05, 3.63) is 87.8 Å². The highest BCUT2D eigenvalue weighted by molar-refractivity contribution is 7.16. The molecule has 0 aliphatic carbocycles. The first-order chi connectivity index (χ1) is 13.6. The van der Waals surface area contributed by atoms with Gasteiger partial charge >= 0.3 is 5.97 Å². The van der Waals surface area contributed by atoms with E-state index in [2.05, 4.69) is 12.2 Å². The van der Waals surface area contributed by atoms with Crippen molar-refractivity contribution in [1.82, 2.24) is 0 Å². The molecule has 0 aliphatic rings. The van der Waals surface area contributed by atoms with Gasteiger partial charge in [0.05, 0.1) is 12.2 Å². The molecule has 5 heteroatoms. The highest BCUT2D eigenvalue weighted by Crippen LogP contribution is 2.31. The summed E-state index contributed by atoms with van der Waals surface area (Å²) in [5, 5.41) is 3.41. The van der Waals surface area contributed by atoms with Crippen LogP contribution in [0.15, 0.2) is 60.7 Å². The molecule has 0 saturated carbocycles. The van der Waals surface area contributed by atoms with Gasteiger partial charge in [-0.05, 0) is 42.7 Å². The monoisotopic (exact) mass is 393 g/mol. The predicted molar refractivity (Wildman–Crippen MR) is 113 cm³/mol. The highest BCUT2D eigenvalue weighted by atomic mass is 32.1. The summed E-state index contributed by atoms with van der Waals surface area (Å²) in [6.45, 7) is 4.12. The molecule has 4 nitrogen and oxygen atoms in total. The summed E-state index contributed by atoms with van der Waals surface area (Å²) in [5.74, 6) is -0.656. The Kier molecular flexibility index (Phi) is 6.61. The number of aryl methyl sites for hydroxylation is 1. The van der Waals surface area contributed by atoms with Crippen molar-refractivity contribution in [2.75, 3.05) is 11.9 Å². The van der Waals surface area contributed by atoms with E-state index >= 15 is 0 Å². The number of hydrogen-bond donors (Lipinski definition) is 1. The average molecular weight is 394 g/mol. The van der Waals surface area contributed by atoms with E-state index in [1.807, 2.05) is 48.5 Å². The van der Waals surface area contributed by atoms with Gasteiger partial charge in [0.25, 0.3) is 5.91 Å². The highest BCUT2D eigenvalue weighted by Gasteiger charge is 2.20. The minimum Gasteiger partial charge on any atom is -0.462 e. The van der Waals surface area contributed by atoms with Gasteiger partial charge in [-0.25, -0.2) is 4.79 Å². The fourth-order valence-corrected chi connectivity index (χ4v) is 3.92. The van der Waals surface area contributed by atoms with Crippen LogP contribution in [0.4, 0.5) is 5.00 Å². The Labute approximate surface area is 169 Å². The largest absolute Gasteiger partial charge is 0.462 e. The number of rotatable bonds is 7. The second kappa shape index (κ2) is 9.33. The van der Waals surface area contributed by atoms with Crippen LogP contribution in [0.5, 0.6) is 0 Å². The maximum Gasteiger partial charge on any atom is 0.341 e. The Balaban J connectivity index is 1.84. The van der Waals surface area contributed by atoms with Crippen molar-refractivity contribution in [2.24, 2.45) is 0 Å². The van der Waals surface area contributed by atoms with Gasteiger partial charge in [0.1, 0.15) is 5.00 Å². The Morgan fingerprint density at radius 1 is 0.964 bits per heavy atom. The van der Waals surface area contributed by atoms with Crippen LogP contribution >= 0.6 is 11.3 Å². The summed E-state index contributed by atoms with van der Waals surface area (Å²) in [4.78, 5) is 26.0. The first kappa shape index (κ1) is 19.8. The van der Waals surface area contributed by atoms with E-state index in [4.69, 9.17) is 4.74 Å². The van der Waals surface area contributed by atoms with Crippen molar-refractivity contribution in [1.29, 1.82) is 0 Å². The SMILES string of the molecule is CCOC(=O)c1cc(Cc2ccccc2)sc1NC(=O)c1ccc(CC)cc1. The fourth-order valence-electron chi connectivity index (χ4n) is 2.85. The lowest BCUT2D eigenvalue weighted by atomic mass is 10.1. The van der Waals surface area contributed by atoms with Gasteiger partial charge in [0, 0.05) is 16.9 Å². The Bertz CT molecular complexity index is 946. The summed E-state index contributed by atoms with van der Waals surface area (Å²) < 4.78 is 5.17. The standard InChI is InChI=1S/C23H23NO3S/c1-3-16-10-12-18(13-11-16)21(25)24-22-20(23(26)27-4-2)15-19(28-22)14-17-8-6-5-7-9-17/h5-13,15H,3-4,14H2,1-2H3,(H,24,25). The van der Waals surface area contributed by atoms with Crippen LogP contribution in [0.1, 0.15) is 50.6 Å². The smallest absolute Gasteiger partial charge is 0.341 e. The molecule has 0 spiro atoms. The molecule has 3 aromatic rings. The third kappa shape index (κ3) is 4.87. The van der Waals surface area contributed by atoms with E-state index in [1.165, 1.54) is 16.9 Å². The van der Waals surface area contributed by atoms with Crippen LogP contribution in [-0.4, -0.2) is 18.5 Å².